The van der Waals surface area contributed by atoms with Crippen molar-refractivity contribution < 1.29 is 13.2 Å². The number of nitrogen functional groups attached to an aromatic ring is 1. The molecule has 0 unspecified atom stereocenters. The van der Waals surface area contributed by atoms with Gasteiger partial charge in [-0.1, -0.05) is 6.07 Å². The van der Waals surface area contributed by atoms with Crippen LogP contribution in [-0.2, 0) is 14.6 Å². The van der Waals surface area contributed by atoms with Crippen molar-refractivity contribution in [2.24, 2.45) is 0 Å². The Labute approximate surface area is 109 Å². The van der Waals surface area contributed by atoms with Crippen molar-refractivity contribution in [3.8, 4) is 0 Å². The van der Waals surface area contributed by atoms with Crippen LogP contribution in [0.4, 0.5) is 5.69 Å². The van der Waals surface area contributed by atoms with Crippen molar-refractivity contribution in [2.75, 3.05) is 18.6 Å². The average molecular weight is 271 g/mol. The quantitative estimate of drug-likeness (QED) is 0.833. The summed E-state index contributed by atoms with van der Waals surface area (Å²) in [6.45, 7) is 5.47. The Morgan fingerprint density at radius 2 is 1.94 bits per heavy atom. The van der Waals surface area contributed by atoms with Gasteiger partial charge in [-0.25, -0.2) is 8.42 Å². The van der Waals surface area contributed by atoms with Gasteiger partial charge in [-0.3, -0.25) is 0 Å². The van der Waals surface area contributed by atoms with E-state index in [4.69, 9.17) is 10.5 Å². The summed E-state index contributed by atoms with van der Waals surface area (Å²) in [6, 6.07) is 4.96. The van der Waals surface area contributed by atoms with Crippen LogP contribution in [0, 0.1) is 6.92 Å². The highest BCUT2D eigenvalue weighted by Gasteiger charge is 2.24. The molecule has 2 N–H and O–H groups in total. The molecule has 1 aromatic rings. The summed E-state index contributed by atoms with van der Waals surface area (Å²) in [6.07, 6.45) is 0.445. The molecule has 5 heteroatoms. The predicted octanol–water partition coefficient (Wildman–Crippen LogP) is 2.17. The van der Waals surface area contributed by atoms with E-state index in [1.165, 1.54) is 0 Å². The summed E-state index contributed by atoms with van der Waals surface area (Å²) in [5.41, 5.74) is 6.41. The van der Waals surface area contributed by atoms with Crippen molar-refractivity contribution in [3.05, 3.63) is 23.8 Å². The Bertz CT molecular complexity index is 521. The zero-order chi connectivity index (χ0) is 14.0. The molecule has 0 atom stereocenters. The maximum atomic E-state index is 12.3. The van der Waals surface area contributed by atoms with Gasteiger partial charge < -0.3 is 10.5 Å². The lowest BCUT2D eigenvalue weighted by Crippen LogP contribution is -2.26. The molecule has 0 radical (unpaired) electrons. The highest BCUT2D eigenvalue weighted by atomic mass is 32.2. The number of anilines is 1. The second kappa shape index (κ2) is 5.28. The second-order valence-electron chi connectivity index (χ2n) is 5.00. The zero-order valence-electron chi connectivity index (χ0n) is 11.4. The summed E-state index contributed by atoms with van der Waals surface area (Å²) >= 11 is 0. The Morgan fingerprint density at radius 1 is 1.33 bits per heavy atom. The van der Waals surface area contributed by atoms with E-state index < -0.39 is 15.4 Å². The third kappa shape index (κ3) is 3.46. The summed E-state index contributed by atoms with van der Waals surface area (Å²) in [5, 5.41) is 0. The molecule has 0 aliphatic carbocycles. The van der Waals surface area contributed by atoms with E-state index >= 15 is 0 Å². The standard InChI is InChI=1S/C13H21NO3S/c1-10-11(14)6-5-7-12(10)18(15,16)9-8-13(2,3)17-4/h5-7H,8-9,14H2,1-4H3. The van der Waals surface area contributed by atoms with Crippen LogP contribution in [0.1, 0.15) is 25.8 Å². The molecule has 1 rings (SSSR count). The molecule has 0 amide bonds. The Morgan fingerprint density at radius 3 is 2.50 bits per heavy atom. The van der Waals surface area contributed by atoms with Crippen molar-refractivity contribution in [1.82, 2.24) is 0 Å². The van der Waals surface area contributed by atoms with Gasteiger partial charge in [-0.05, 0) is 44.9 Å². The lowest BCUT2D eigenvalue weighted by Gasteiger charge is -2.22. The van der Waals surface area contributed by atoms with E-state index in [1.54, 1.807) is 32.2 Å². The maximum absolute atomic E-state index is 12.3. The molecule has 0 aliphatic heterocycles. The van der Waals surface area contributed by atoms with Crippen LogP contribution in [0.5, 0.6) is 0 Å². The largest absolute Gasteiger partial charge is 0.398 e. The molecular formula is C13H21NO3S. The van der Waals surface area contributed by atoms with Crippen molar-refractivity contribution >= 4 is 15.5 Å². The van der Waals surface area contributed by atoms with Gasteiger partial charge in [0.15, 0.2) is 9.84 Å². The summed E-state index contributed by atoms with van der Waals surface area (Å²) in [4.78, 5) is 0.314. The molecule has 0 saturated heterocycles. The van der Waals surface area contributed by atoms with E-state index in [-0.39, 0.29) is 5.75 Å². The van der Waals surface area contributed by atoms with Crippen LogP contribution >= 0.6 is 0 Å². The van der Waals surface area contributed by atoms with Crippen molar-refractivity contribution in [1.29, 1.82) is 0 Å². The lowest BCUT2D eigenvalue weighted by atomic mass is 10.1. The highest BCUT2D eigenvalue weighted by Crippen LogP contribution is 2.24. The van der Waals surface area contributed by atoms with Gasteiger partial charge in [0.1, 0.15) is 0 Å². The van der Waals surface area contributed by atoms with Crippen LogP contribution in [-0.4, -0.2) is 26.9 Å². The van der Waals surface area contributed by atoms with Crippen LogP contribution < -0.4 is 5.73 Å². The lowest BCUT2D eigenvalue weighted by molar-refractivity contribution is 0.0203. The molecule has 0 spiro atoms. The number of methoxy groups -OCH3 is 1. The first-order valence-electron chi connectivity index (χ1n) is 5.82. The Balaban J connectivity index is 2.98. The molecule has 4 nitrogen and oxygen atoms in total. The van der Waals surface area contributed by atoms with E-state index in [2.05, 4.69) is 0 Å². The minimum atomic E-state index is -3.32. The number of rotatable bonds is 5. The van der Waals surface area contributed by atoms with Crippen molar-refractivity contribution in [2.45, 2.75) is 37.7 Å². The number of benzene rings is 1. The summed E-state index contributed by atoms with van der Waals surface area (Å²) in [7, 11) is -1.74. The molecule has 0 heterocycles. The fraction of sp³-hybridized carbons (Fsp3) is 0.538. The average Bonchev–Trinajstić information content (AvgIpc) is 2.30. The monoisotopic (exact) mass is 271 g/mol. The third-order valence-corrected chi connectivity index (χ3v) is 5.04. The second-order valence-corrected chi connectivity index (χ2v) is 7.08. The number of hydrogen-bond acceptors (Lipinski definition) is 4. The molecule has 102 valence electrons. The number of ether oxygens (including phenoxy) is 1. The molecular weight excluding hydrogens is 250 g/mol. The zero-order valence-corrected chi connectivity index (χ0v) is 12.2. The fourth-order valence-electron chi connectivity index (χ4n) is 1.56. The van der Waals surface area contributed by atoms with Crippen molar-refractivity contribution in [3.63, 3.8) is 0 Å². The van der Waals surface area contributed by atoms with Gasteiger partial charge in [0, 0.05) is 12.8 Å². The summed E-state index contributed by atoms with van der Waals surface area (Å²) in [5.74, 6) is 0.0537. The molecule has 0 saturated carbocycles. The minimum Gasteiger partial charge on any atom is -0.398 e. The summed E-state index contributed by atoms with van der Waals surface area (Å²) < 4.78 is 29.7. The van der Waals surface area contributed by atoms with Gasteiger partial charge in [-0.2, -0.15) is 0 Å². The number of sulfone groups is 1. The Kier molecular flexibility index (Phi) is 4.40. The van der Waals surface area contributed by atoms with E-state index in [0.717, 1.165) is 0 Å². The maximum Gasteiger partial charge on any atom is 0.178 e. The fourth-order valence-corrected chi connectivity index (χ4v) is 3.41. The molecule has 0 bridgehead atoms. The molecule has 0 aromatic heterocycles. The smallest absolute Gasteiger partial charge is 0.178 e. The predicted molar refractivity (Wildman–Crippen MR) is 73.3 cm³/mol. The number of nitrogens with two attached hydrogens (primary N) is 1. The molecule has 1 aromatic carbocycles. The van der Waals surface area contributed by atoms with Gasteiger partial charge in [0.2, 0.25) is 0 Å². The van der Waals surface area contributed by atoms with Gasteiger partial charge in [0.05, 0.1) is 16.2 Å². The van der Waals surface area contributed by atoms with Crippen LogP contribution in [0.2, 0.25) is 0 Å². The Hall–Kier alpha value is -1.07. The molecule has 0 fully saturated rings. The van der Waals surface area contributed by atoms with Gasteiger partial charge >= 0.3 is 0 Å². The first kappa shape index (κ1) is 15.0. The highest BCUT2D eigenvalue weighted by molar-refractivity contribution is 7.91. The third-order valence-electron chi connectivity index (χ3n) is 3.19. The minimum absolute atomic E-state index is 0.0537. The van der Waals surface area contributed by atoms with Gasteiger partial charge in [0.25, 0.3) is 0 Å². The van der Waals surface area contributed by atoms with E-state index in [1.807, 2.05) is 13.8 Å². The molecule has 18 heavy (non-hydrogen) atoms. The number of hydrogen-bond donors (Lipinski definition) is 1. The van der Waals surface area contributed by atoms with Gasteiger partial charge in [-0.15, -0.1) is 0 Å². The molecule has 0 aliphatic rings. The van der Waals surface area contributed by atoms with Crippen LogP contribution in [0.15, 0.2) is 23.1 Å². The van der Waals surface area contributed by atoms with Crippen LogP contribution in [0.3, 0.4) is 0 Å². The normalized spacial score (nSPS) is 12.7. The van der Waals surface area contributed by atoms with E-state index in [9.17, 15) is 8.42 Å². The topological polar surface area (TPSA) is 69.4 Å². The van der Waals surface area contributed by atoms with E-state index in [0.29, 0.717) is 22.6 Å². The first-order chi connectivity index (χ1) is 8.19. The van der Waals surface area contributed by atoms with Crippen LogP contribution in [0.25, 0.3) is 0 Å². The SMILES string of the molecule is COC(C)(C)CCS(=O)(=O)c1cccc(N)c1C. The first-order valence-corrected chi connectivity index (χ1v) is 7.48.